The van der Waals surface area contributed by atoms with Crippen molar-refractivity contribution in [1.82, 2.24) is 39.3 Å². The smallest absolute Gasteiger partial charge is 0.266 e. The Kier molecular flexibility index (Phi) is 3.33. The van der Waals surface area contributed by atoms with Crippen LogP contribution in [0, 0.1) is 13.8 Å². The van der Waals surface area contributed by atoms with Gasteiger partial charge in [-0.25, -0.2) is 19.5 Å². The molecule has 9 heteroatoms. The molecule has 0 saturated carbocycles. The first-order valence-corrected chi connectivity index (χ1v) is 7.59. The Hall–Kier alpha value is -3.10. The molecule has 24 heavy (non-hydrogen) atoms. The van der Waals surface area contributed by atoms with Crippen LogP contribution in [0.25, 0.3) is 17.4 Å². The standard InChI is InChI=1S/C15H16N8O/c1-9-8-17-10(2)14-18-11(20-23(9)14)4-5-12-19-13(21-22(12)3)15-16-6-7-24-15/h6-8H,4-5H2,1-3H3. The van der Waals surface area contributed by atoms with Gasteiger partial charge in [0.1, 0.15) is 12.1 Å². The molecular weight excluding hydrogens is 308 g/mol. The van der Waals surface area contributed by atoms with E-state index in [1.54, 1.807) is 17.1 Å². The lowest BCUT2D eigenvalue weighted by atomic mass is 10.3. The summed E-state index contributed by atoms with van der Waals surface area (Å²) >= 11 is 0. The summed E-state index contributed by atoms with van der Waals surface area (Å²) in [5.74, 6) is 2.49. The molecule has 0 aromatic carbocycles. The first-order valence-electron chi connectivity index (χ1n) is 7.59. The van der Waals surface area contributed by atoms with Crippen LogP contribution in [0.1, 0.15) is 23.0 Å². The van der Waals surface area contributed by atoms with Gasteiger partial charge in [0.15, 0.2) is 11.5 Å². The van der Waals surface area contributed by atoms with Crippen molar-refractivity contribution in [3.05, 3.63) is 41.7 Å². The molecule has 122 valence electrons. The lowest BCUT2D eigenvalue weighted by molar-refractivity contribution is 0.568. The third kappa shape index (κ3) is 2.43. The van der Waals surface area contributed by atoms with Gasteiger partial charge in [-0.3, -0.25) is 9.67 Å². The zero-order valence-corrected chi connectivity index (χ0v) is 13.6. The van der Waals surface area contributed by atoms with Crippen LogP contribution in [0.4, 0.5) is 0 Å². The largest absolute Gasteiger partial charge is 0.442 e. The van der Waals surface area contributed by atoms with Crippen molar-refractivity contribution >= 4 is 5.65 Å². The third-order valence-corrected chi connectivity index (χ3v) is 3.80. The summed E-state index contributed by atoms with van der Waals surface area (Å²) in [5, 5.41) is 8.88. The van der Waals surface area contributed by atoms with Crippen molar-refractivity contribution in [2.75, 3.05) is 0 Å². The highest BCUT2D eigenvalue weighted by molar-refractivity contribution is 5.43. The maximum Gasteiger partial charge on any atom is 0.266 e. The summed E-state index contributed by atoms with van der Waals surface area (Å²) in [7, 11) is 1.85. The fraction of sp³-hybridized carbons (Fsp3) is 0.333. The number of hydrogen-bond donors (Lipinski definition) is 0. The van der Waals surface area contributed by atoms with E-state index in [0.717, 1.165) is 28.7 Å². The monoisotopic (exact) mass is 324 g/mol. The van der Waals surface area contributed by atoms with E-state index in [1.807, 2.05) is 25.4 Å². The molecule has 4 aromatic rings. The number of aryl methyl sites for hydroxylation is 5. The average molecular weight is 324 g/mol. The number of fused-ring (bicyclic) bond motifs is 1. The average Bonchev–Trinajstić information content (AvgIpc) is 3.28. The Balaban J connectivity index is 1.57. The van der Waals surface area contributed by atoms with E-state index in [4.69, 9.17) is 4.42 Å². The van der Waals surface area contributed by atoms with Crippen LogP contribution in [0.3, 0.4) is 0 Å². The molecule has 0 bridgehead atoms. The van der Waals surface area contributed by atoms with Gasteiger partial charge in [0.05, 0.1) is 17.6 Å². The van der Waals surface area contributed by atoms with Crippen LogP contribution >= 0.6 is 0 Å². The summed E-state index contributed by atoms with van der Waals surface area (Å²) in [6, 6.07) is 0. The predicted molar refractivity (Wildman–Crippen MR) is 84.2 cm³/mol. The van der Waals surface area contributed by atoms with Gasteiger partial charge in [-0.05, 0) is 13.8 Å². The van der Waals surface area contributed by atoms with E-state index in [1.165, 1.54) is 6.26 Å². The van der Waals surface area contributed by atoms with E-state index in [2.05, 4.69) is 30.1 Å². The van der Waals surface area contributed by atoms with Gasteiger partial charge in [0.25, 0.3) is 5.89 Å². The van der Waals surface area contributed by atoms with Crippen molar-refractivity contribution in [3.63, 3.8) is 0 Å². The fourth-order valence-corrected chi connectivity index (χ4v) is 2.53. The summed E-state index contributed by atoms with van der Waals surface area (Å²) < 4.78 is 8.79. The maximum atomic E-state index is 5.23. The molecule has 0 spiro atoms. The van der Waals surface area contributed by atoms with E-state index >= 15 is 0 Å². The van der Waals surface area contributed by atoms with E-state index in [9.17, 15) is 0 Å². The third-order valence-electron chi connectivity index (χ3n) is 3.80. The van der Waals surface area contributed by atoms with Crippen molar-refractivity contribution in [2.45, 2.75) is 26.7 Å². The lowest BCUT2D eigenvalue weighted by Gasteiger charge is -1.97. The van der Waals surface area contributed by atoms with Gasteiger partial charge in [-0.15, -0.1) is 5.10 Å². The van der Waals surface area contributed by atoms with Gasteiger partial charge in [0.2, 0.25) is 5.82 Å². The van der Waals surface area contributed by atoms with Crippen LogP contribution in [0.5, 0.6) is 0 Å². The molecule has 0 atom stereocenters. The zero-order chi connectivity index (χ0) is 16.7. The van der Waals surface area contributed by atoms with E-state index < -0.39 is 0 Å². The molecule has 9 nitrogen and oxygen atoms in total. The topological polar surface area (TPSA) is 99.8 Å². The van der Waals surface area contributed by atoms with Crippen molar-refractivity contribution in [3.8, 4) is 11.7 Å². The Morgan fingerprint density at radius 1 is 1.08 bits per heavy atom. The molecule has 4 rings (SSSR count). The minimum Gasteiger partial charge on any atom is -0.442 e. The number of nitrogens with zero attached hydrogens (tertiary/aromatic N) is 8. The van der Waals surface area contributed by atoms with Crippen molar-refractivity contribution < 1.29 is 4.42 Å². The molecule has 0 N–H and O–H groups in total. The number of rotatable bonds is 4. The molecule has 0 fully saturated rings. The molecule has 4 aromatic heterocycles. The maximum absolute atomic E-state index is 5.23. The Labute approximate surface area is 137 Å². The molecular formula is C15H16N8O. The summed E-state index contributed by atoms with van der Waals surface area (Å²) in [6.07, 6.45) is 6.21. The van der Waals surface area contributed by atoms with Crippen molar-refractivity contribution in [2.24, 2.45) is 7.05 Å². The quantitative estimate of drug-likeness (QED) is 0.558. The Bertz CT molecular complexity index is 959. The summed E-state index contributed by atoms with van der Waals surface area (Å²) in [6.45, 7) is 3.89. The van der Waals surface area contributed by atoms with E-state index in [0.29, 0.717) is 24.6 Å². The molecule has 0 unspecified atom stereocenters. The van der Waals surface area contributed by atoms with Gasteiger partial charge in [-0.2, -0.15) is 5.10 Å². The number of oxazole rings is 1. The minimum absolute atomic E-state index is 0.417. The van der Waals surface area contributed by atoms with Crippen LogP contribution < -0.4 is 0 Å². The molecule has 0 aliphatic carbocycles. The van der Waals surface area contributed by atoms with Gasteiger partial charge in [-0.1, -0.05) is 0 Å². The summed E-state index contributed by atoms with van der Waals surface area (Å²) in [4.78, 5) is 17.4. The number of hydrogen-bond acceptors (Lipinski definition) is 7. The zero-order valence-electron chi connectivity index (χ0n) is 13.6. The van der Waals surface area contributed by atoms with Crippen molar-refractivity contribution in [1.29, 1.82) is 0 Å². The Morgan fingerprint density at radius 2 is 1.96 bits per heavy atom. The molecule has 0 aliphatic rings. The molecule has 0 radical (unpaired) electrons. The summed E-state index contributed by atoms with van der Waals surface area (Å²) in [5.41, 5.74) is 2.62. The second-order valence-electron chi connectivity index (χ2n) is 5.56. The van der Waals surface area contributed by atoms with Gasteiger partial charge >= 0.3 is 0 Å². The predicted octanol–water partition coefficient (Wildman–Crippen LogP) is 1.31. The van der Waals surface area contributed by atoms with Gasteiger partial charge < -0.3 is 4.42 Å². The van der Waals surface area contributed by atoms with Crippen LogP contribution in [0.15, 0.2) is 23.1 Å². The highest BCUT2D eigenvalue weighted by atomic mass is 16.3. The van der Waals surface area contributed by atoms with Crippen LogP contribution in [-0.4, -0.2) is 39.3 Å². The van der Waals surface area contributed by atoms with Crippen LogP contribution in [0.2, 0.25) is 0 Å². The lowest BCUT2D eigenvalue weighted by Crippen LogP contribution is -2.03. The highest BCUT2D eigenvalue weighted by Gasteiger charge is 2.14. The molecule has 0 amide bonds. The Morgan fingerprint density at radius 3 is 2.71 bits per heavy atom. The first kappa shape index (κ1) is 14.5. The number of aromatic nitrogens is 8. The molecule has 0 saturated heterocycles. The fourth-order valence-electron chi connectivity index (χ4n) is 2.53. The second kappa shape index (κ2) is 5.52. The SMILES string of the molecule is Cc1ncc(C)n2nc(CCc3nc(-c4ncco4)nn3C)nc12. The van der Waals surface area contributed by atoms with E-state index in [-0.39, 0.29) is 0 Å². The molecule has 0 aliphatic heterocycles. The van der Waals surface area contributed by atoms with Gasteiger partial charge in [0, 0.05) is 26.1 Å². The molecule has 4 heterocycles. The highest BCUT2D eigenvalue weighted by Crippen LogP contribution is 2.14. The normalized spacial score (nSPS) is 11.5. The minimum atomic E-state index is 0.417. The first-order chi connectivity index (χ1) is 11.6. The second-order valence-corrected chi connectivity index (χ2v) is 5.56. The van der Waals surface area contributed by atoms with Crippen LogP contribution in [-0.2, 0) is 19.9 Å².